The lowest BCUT2D eigenvalue weighted by Crippen LogP contribution is -2.39. The second-order valence-corrected chi connectivity index (χ2v) is 9.80. The fourth-order valence-corrected chi connectivity index (χ4v) is 4.93. The minimum absolute atomic E-state index is 0.0644. The molecule has 42 heavy (non-hydrogen) atoms. The van der Waals surface area contributed by atoms with Gasteiger partial charge in [-0.2, -0.15) is 0 Å². The van der Waals surface area contributed by atoms with Crippen LogP contribution >= 0.6 is 0 Å². The van der Waals surface area contributed by atoms with Gasteiger partial charge in [-0.15, -0.1) is 0 Å². The first kappa shape index (κ1) is 27.0. The van der Waals surface area contributed by atoms with E-state index in [-0.39, 0.29) is 24.2 Å². The summed E-state index contributed by atoms with van der Waals surface area (Å²) in [6.45, 7) is 0.293. The Labute approximate surface area is 238 Å². The van der Waals surface area contributed by atoms with Gasteiger partial charge < -0.3 is 36.6 Å². The molecule has 1 fully saturated rings. The number of anilines is 2. The van der Waals surface area contributed by atoms with Crippen LogP contribution in [0.1, 0.15) is 38.1 Å². The summed E-state index contributed by atoms with van der Waals surface area (Å²) >= 11 is 0. The number of nitrogens with two attached hydrogens (primary N) is 1. The topological polar surface area (TPSA) is 207 Å². The average Bonchev–Trinajstić information content (AvgIpc) is 3.68. The summed E-state index contributed by atoms with van der Waals surface area (Å²) in [5.74, 6) is -0.766. The molecule has 0 radical (unpaired) electrons. The third-order valence-corrected chi connectivity index (χ3v) is 7.17. The minimum atomic E-state index is -1.30. The first-order valence-electron chi connectivity index (χ1n) is 13.0. The van der Waals surface area contributed by atoms with Crippen molar-refractivity contribution in [2.75, 3.05) is 17.6 Å². The molecule has 0 bridgehead atoms. The van der Waals surface area contributed by atoms with E-state index in [9.17, 15) is 24.6 Å². The number of nitrogens with zero attached hydrogens (tertiary/aromatic N) is 4. The van der Waals surface area contributed by atoms with Gasteiger partial charge in [0.15, 0.2) is 17.7 Å². The number of nitrogen functional groups attached to an aromatic ring is 1. The Hall–Kier alpha value is -5.18. The third-order valence-electron chi connectivity index (χ3n) is 7.17. The largest absolute Gasteiger partial charge is 0.387 e. The van der Waals surface area contributed by atoms with Crippen LogP contribution in [-0.2, 0) is 16.1 Å². The molecule has 1 saturated heterocycles. The number of aliphatic hydroxyl groups excluding tert-OH is 2. The van der Waals surface area contributed by atoms with Crippen LogP contribution in [0.4, 0.5) is 11.5 Å². The predicted molar refractivity (Wildman–Crippen MR) is 150 cm³/mol. The van der Waals surface area contributed by atoms with Crippen molar-refractivity contribution in [3.63, 3.8) is 0 Å². The molecule has 0 aliphatic carbocycles. The average molecular weight is 571 g/mol. The Morgan fingerprint density at radius 2 is 1.93 bits per heavy atom. The van der Waals surface area contributed by atoms with Gasteiger partial charge in [0.1, 0.15) is 30.2 Å². The summed E-state index contributed by atoms with van der Waals surface area (Å²) in [5, 5.41) is 29.3. The van der Waals surface area contributed by atoms with Crippen LogP contribution in [0.2, 0.25) is 0 Å². The molecule has 3 amide bonds. The van der Waals surface area contributed by atoms with Gasteiger partial charge in [-0.1, -0.05) is 18.2 Å². The number of aromatic nitrogens is 4. The summed E-state index contributed by atoms with van der Waals surface area (Å²) in [5.41, 5.74) is 9.45. The first-order chi connectivity index (χ1) is 20.3. The predicted octanol–water partition coefficient (Wildman–Crippen LogP) is 0.353. The van der Waals surface area contributed by atoms with Crippen LogP contribution < -0.4 is 21.7 Å². The second-order valence-electron chi connectivity index (χ2n) is 9.80. The summed E-state index contributed by atoms with van der Waals surface area (Å²) in [6.07, 6.45) is 1.08. The molecule has 2 aromatic carbocycles. The van der Waals surface area contributed by atoms with E-state index in [4.69, 9.17) is 10.5 Å². The van der Waals surface area contributed by atoms with E-state index >= 15 is 0 Å². The molecule has 14 nitrogen and oxygen atoms in total. The molecule has 2 aliphatic rings. The van der Waals surface area contributed by atoms with Crippen LogP contribution in [0.25, 0.3) is 17.2 Å². The Morgan fingerprint density at radius 3 is 2.74 bits per heavy atom. The van der Waals surface area contributed by atoms with Crippen molar-refractivity contribution in [3.8, 4) is 0 Å². The maximum Gasteiger partial charge on any atom is 0.255 e. The molecular weight excluding hydrogens is 544 g/mol. The maximum absolute atomic E-state index is 12.7. The van der Waals surface area contributed by atoms with Gasteiger partial charge in [0.05, 0.1) is 6.33 Å². The Morgan fingerprint density at radius 1 is 1.12 bits per heavy atom. The fourth-order valence-electron chi connectivity index (χ4n) is 4.93. The summed E-state index contributed by atoms with van der Waals surface area (Å²) in [7, 11) is 0. The number of benzene rings is 2. The lowest BCUT2D eigenvalue weighted by molar-refractivity contribution is -0.117. The standard InChI is InChI=1S/C28H26N8O6/c29-24-21-25(33-12-32-24)36(13-34-21)28-23(39)22(38)19(42-28)11-30-20(37)9-6-14-4-7-15(8-5-14)26(40)35-18-3-1-2-16-17(18)10-31-27(16)41/h1-9,12-13,19,22-23,28,38-39H,10-11H2,(H,30,37)(H,31,41)(H,35,40)(H2,29,32,33)/b9-6+/t19?,22-,23-,28-/m1/s1. The highest BCUT2D eigenvalue weighted by atomic mass is 16.6. The van der Waals surface area contributed by atoms with Crippen LogP contribution in [0.3, 0.4) is 0 Å². The van der Waals surface area contributed by atoms with E-state index in [0.29, 0.717) is 40.1 Å². The fraction of sp³-hybridized carbons (Fsp3) is 0.214. The van der Waals surface area contributed by atoms with Gasteiger partial charge in [0.2, 0.25) is 5.91 Å². The summed E-state index contributed by atoms with van der Waals surface area (Å²) < 4.78 is 7.28. The number of hydrogen-bond donors (Lipinski definition) is 6. The number of nitrogens with one attached hydrogen (secondary N) is 3. The van der Waals surface area contributed by atoms with Crippen LogP contribution in [0.5, 0.6) is 0 Å². The Kier molecular flexibility index (Phi) is 7.08. The highest BCUT2D eigenvalue weighted by molar-refractivity contribution is 6.07. The molecule has 4 heterocycles. The molecule has 2 aliphatic heterocycles. The van der Waals surface area contributed by atoms with E-state index < -0.39 is 30.4 Å². The van der Waals surface area contributed by atoms with Crippen molar-refractivity contribution >= 4 is 46.5 Å². The molecule has 2 aromatic heterocycles. The molecule has 6 rings (SSSR count). The SMILES string of the molecule is Nc1ncnc2c1ncn2[C@@H]1OC(CNC(=O)/C=C/c2ccc(C(=O)Nc3cccc4c3CNC4=O)cc2)[C@@H](O)[C@H]1O. The van der Waals surface area contributed by atoms with Gasteiger partial charge in [0.25, 0.3) is 11.8 Å². The second kappa shape index (κ2) is 11.0. The van der Waals surface area contributed by atoms with Crippen molar-refractivity contribution < 1.29 is 29.3 Å². The molecule has 0 saturated carbocycles. The zero-order valence-electron chi connectivity index (χ0n) is 22.0. The number of carbonyl (C=O) groups is 3. The summed E-state index contributed by atoms with van der Waals surface area (Å²) in [6, 6.07) is 11.8. The number of rotatable bonds is 7. The van der Waals surface area contributed by atoms with Crippen molar-refractivity contribution in [2.45, 2.75) is 31.1 Å². The first-order valence-corrected chi connectivity index (χ1v) is 13.0. The Bertz CT molecular complexity index is 1720. The quantitative estimate of drug-likeness (QED) is 0.168. The number of aliphatic hydroxyl groups is 2. The third kappa shape index (κ3) is 5.05. The monoisotopic (exact) mass is 570 g/mol. The van der Waals surface area contributed by atoms with Crippen LogP contribution in [0, 0.1) is 0 Å². The van der Waals surface area contributed by atoms with Gasteiger partial charge in [-0.3, -0.25) is 19.0 Å². The highest BCUT2D eigenvalue weighted by Crippen LogP contribution is 2.31. The molecule has 0 spiro atoms. The molecule has 4 aromatic rings. The number of hydrogen-bond acceptors (Lipinski definition) is 10. The van der Waals surface area contributed by atoms with E-state index in [0.717, 1.165) is 5.56 Å². The van der Waals surface area contributed by atoms with Crippen LogP contribution in [0.15, 0.2) is 61.2 Å². The molecular formula is C28H26N8O6. The van der Waals surface area contributed by atoms with Crippen LogP contribution in [-0.4, -0.2) is 72.3 Å². The van der Waals surface area contributed by atoms with E-state index in [1.165, 1.54) is 23.3 Å². The lowest BCUT2D eigenvalue weighted by atomic mass is 10.1. The molecule has 14 heteroatoms. The van der Waals surface area contributed by atoms with Gasteiger partial charge >= 0.3 is 0 Å². The number of amides is 3. The van der Waals surface area contributed by atoms with Crippen molar-refractivity contribution in [1.82, 2.24) is 30.2 Å². The normalized spacial score (nSPS) is 21.4. The van der Waals surface area contributed by atoms with E-state index in [2.05, 4.69) is 30.9 Å². The smallest absolute Gasteiger partial charge is 0.255 e. The Balaban J connectivity index is 1.03. The molecule has 7 N–H and O–H groups in total. The minimum Gasteiger partial charge on any atom is -0.387 e. The van der Waals surface area contributed by atoms with E-state index in [1.54, 1.807) is 48.5 Å². The number of imidazole rings is 1. The molecule has 1 unspecified atom stereocenters. The van der Waals surface area contributed by atoms with Crippen molar-refractivity contribution in [3.05, 3.63) is 83.4 Å². The van der Waals surface area contributed by atoms with Gasteiger partial charge in [-0.05, 0) is 35.9 Å². The number of ether oxygens (including phenoxy) is 1. The van der Waals surface area contributed by atoms with Crippen molar-refractivity contribution in [2.24, 2.45) is 0 Å². The number of fused-ring (bicyclic) bond motifs is 2. The summed E-state index contributed by atoms with van der Waals surface area (Å²) in [4.78, 5) is 49.2. The maximum atomic E-state index is 12.7. The van der Waals surface area contributed by atoms with Crippen molar-refractivity contribution in [1.29, 1.82) is 0 Å². The zero-order chi connectivity index (χ0) is 29.4. The molecule has 214 valence electrons. The van der Waals surface area contributed by atoms with E-state index in [1.807, 2.05) is 0 Å². The number of carbonyl (C=O) groups excluding carboxylic acids is 3. The highest BCUT2D eigenvalue weighted by Gasteiger charge is 2.44. The molecule has 4 atom stereocenters. The zero-order valence-corrected chi connectivity index (χ0v) is 22.0. The van der Waals surface area contributed by atoms with Gasteiger partial charge in [0, 0.05) is 41.5 Å². The van der Waals surface area contributed by atoms with Gasteiger partial charge in [-0.25, -0.2) is 15.0 Å². The lowest BCUT2D eigenvalue weighted by Gasteiger charge is -2.16.